The van der Waals surface area contributed by atoms with E-state index in [4.69, 9.17) is 17.3 Å². The predicted octanol–water partition coefficient (Wildman–Crippen LogP) is 3.94. The Morgan fingerprint density at radius 3 is 3.06 bits per heavy atom. The summed E-state index contributed by atoms with van der Waals surface area (Å²) >= 11 is 7.39. The highest BCUT2D eigenvalue weighted by atomic mass is 35.5. The number of halogens is 2. The smallest absolute Gasteiger partial charge is 0.133 e. The minimum atomic E-state index is -0.293. The van der Waals surface area contributed by atoms with Crippen LogP contribution in [0.3, 0.4) is 0 Å². The van der Waals surface area contributed by atoms with Gasteiger partial charge in [0.1, 0.15) is 10.8 Å². The Kier molecular flexibility index (Phi) is 3.09. The molecule has 0 fully saturated rings. The molecule has 5 heteroatoms. The fraction of sp³-hybridized carbons (Fsp3) is 0.308. The van der Waals surface area contributed by atoms with Crippen molar-refractivity contribution in [2.75, 3.05) is 0 Å². The van der Waals surface area contributed by atoms with Gasteiger partial charge < -0.3 is 5.73 Å². The molecule has 0 spiro atoms. The molecule has 1 atom stereocenters. The molecule has 1 aliphatic rings. The van der Waals surface area contributed by atoms with E-state index in [9.17, 15) is 4.39 Å². The minimum Gasteiger partial charge on any atom is -0.323 e. The predicted molar refractivity (Wildman–Crippen MR) is 72.4 cm³/mol. The number of thiazole rings is 1. The number of aryl methyl sites for hydroxylation is 1. The van der Waals surface area contributed by atoms with E-state index >= 15 is 0 Å². The molecule has 1 heterocycles. The van der Waals surface area contributed by atoms with Crippen molar-refractivity contribution in [3.8, 4) is 10.6 Å². The molecule has 0 saturated carbocycles. The largest absolute Gasteiger partial charge is 0.323 e. The van der Waals surface area contributed by atoms with E-state index in [1.807, 2.05) is 0 Å². The van der Waals surface area contributed by atoms with Crippen LogP contribution in [0, 0.1) is 5.82 Å². The number of hydrogen-bond acceptors (Lipinski definition) is 3. The first-order valence-corrected chi connectivity index (χ1v) is 7.05. The summed E-state index contributed by atoms with van der Waals surface area (Å²) in [5.41, 5.74) is 7.54. The number of nitrogens with zero attached hydrogens (tertiary/aromatic N) is 1. The zero-order valence-corrected chi connectivity index (χ0v) is 11.2. The highest BCUT2D eigenvalue weighted by Gasteiger charge is 2.23. The molecule has 0 radical (unpaired) electrons. The standard InChI is InChI=1S/C13H12ClFN2S/c14-7-4-5-9(15)8(6-7)13-17-11-3-1-2-10(16)12(11)18-13/h4-6,10H,1-3,16H2. The quantitative estimate of drug-likeness (QED) is 0.860. The maximum absolute atomic E-state index is 13.8. The number of hydrogen-bond donors (Lipinski definition) is 1. The zero-order chi connectivity index (χ0) is 12.7. The normalized spacial score (nSPS) is 18.7. The van der Waals surface area contributed by atoms with Gasteiger partial charge in [0, 0.05) is 21.5 Å². The van der Waals surface area contributed by atoms with E-state index in [2.05, 4.69) is 4.98 Å². The Labute approximate surface area is 114 Å². The Hall–Kier alpha value is -0.970. The van der Waals surface area contributed by atoms with Crippen molar-refractivity contribution in [1.29, 1.82) is 0 Å². The first-order valence-electron chi connectivity index (χ1n) is 5.86. The van der Waals surface area contributed by atoms with Crippen LogP contribution in [0.25, 0.3) is 10.6 Å². The Balaban J connectivity index is 2.10. The molecule has 2 aromatic rings. The van der Waals surface area contributed by atoms with E-state index in [1.165, 1.54) is 17.4 Å². The number of nitrogens with two attached hydrogens (primary N) is 1. The molecular weight excluding hydrogens is 271 g/mol. The van der Waals surface area contributed by atoms with Gasteiger partial charge in [-0.3, -0.25) is 0 Å². The summed E-state index contributed by atoms with van der Waals surface area (Å²) in [5, 5.41) is 1.20. The van der Waals surface area contributed by atoms with Gasteiger partial charge >= 0.3 is 0 Å². The molecule has 0 bridgehead atoms. The van der Waals surface area contributed by atoms with Crippen LogP contribution in [-0.4, -0.2) is 4.98 Å². The van der Waals surface area contributed by atoms with E-state index in [1.54, 1.807) is 12.1 Å². The van der Waals surface area contributed by atoms with Gasteiger partial charge in [0.05, 0.1) is 5.69 Å². The number of benzene rings is 1. The lowest BCUT2D eigenvalue weighted by Gasteiger charge is -2.15. The van der Waals surface area contributed by atoms with Gasteiger partial charge in [-0.2, -0.15) is 0 Å². The fourth-order valence-electron chi connectivity index (χ4n) is 2.23. The van der Waals surface area contributed by atoms with Crippen LogP contribution in [-0.2, 0) is 6.42 Å². The third kappa shape index (κ3) is 2.05. The second-order valence-electron chi connectivity index (χ2n) is 4.45. The number of rotatable bonds is 1. The summed E-state index contributed by atoms with van der Waals surface area (Å²) in [6, 6.07) is 4.58. The molecule has 1 aromatic carbocycles. The molecule has 2 nitrogen and oxygen atoms in total. The minimum absolute atomic E-state index is 0.0437. The summed E-state index contributed by atoms with van der Waals surface area (Å²) in [4.78, 5) is 5.61. The summed E-state index contributed by atoms with van der Waals surface area (Å²) in [5.74, 6) is -0.293. The van der Waals surface area contributed by atoms with Crippen molar-refractivity contribution in [3.05, 3.63) is 39.6 Å². The fourth-order valence-corrected chi connectivity index (χ4v) is 3.57. The lowest BCUT2D eigenvalue weighted by Crippen LogP contribution is -2.15. The molecule has 1 unspecified atom stereocenters. The molecule has 0 aliphatic heterocycles. The van der Waals surface area contributed by atoms with Gasteiger partial charge in [0.25, 0.3) is 0 Å². The average molecular weight is 283 g/mol. The lowest BCUT2D eigenvalue weighted by molar-refractivity contribution is 0.573. The summed E-state index contributed by atoms with van der Waals surface area (Å²) in [7, 11) is 0. The molecular formula is C13H12ClFN2S. The molecule has 94 valence electrons. The summed E-state index contributed by atoms with van der Waals surface area (Å²) in [6.45, 7) is 0. The van der Waals surface area contributed by atoms with E-state index in [-0.39, 0.29) is 11.9 Å². The van der Waals surface area contributed by atoms with Crippen molar-refractivity contribution in [1.82, 2.24) is 4.98 Å². The van der Waals surface area contributed by atoms with Crippen LogP contribution in [0.1, 0.15) is 29.5 Å². The highest BCUT2D eigenvalue weighted by molar-refractivity contribution is 7.15. The highest BCUT2D eigenvalue weighted by Crippen LogP contribution is 2.38. The lowest BCUT2D eigenvalue weighted by atomic mass is 9.99. The molecule has 0 saturated heterocycles. The van der Waals surface area contributed by atoms with E-state index in [0.29, 0.717) is 15.6 Å². The Bertz CT molecular complexity index is 597. The van der Waals surface area contributed by atoms with Crippen LogP contribution in [0.4, 0.5) is 4.39 Å². The summed E-state index contributed by atoms with van der Waals surface area (Å²) in [6.07, 6.45) is 2.96. The maximum Gasteiger partial charge on any atom is 0.133 e. The molecule has 3 rings (SSSR count). The van der Waals surface area contributed by atoms with Gasteiger partial charge in [-0.25, -0.2) is 9.37 Å². The first kappa shape index (κ1) is 12.1. The van der Waals surface area contributed by atoms with Gasteiger partial charge in [0.15, 0.2) is 0 Å². The number of aromatic nitrogens is 1. The zero-order valence-electron chi connectivity index (χ0n) is 9.62. The van der Waals surface area contributed by atoms with Gasteiger partial charge in [-0.1, -0.05) is 11.6 Å². The van der Waals surface area contributed by atoms with Crippen molar-refractivity contribution in [2.24, 2.45) is 5.73 Å². The molecule has 1 aromatic heterocycles. The Morgan fingerprint density at radius 1 is 1.44 bits per heavy atom. The third-order valence-electron chi connectivity index (χ3n) is 3.15. The average Bonchev–Trinajstić information content (AvgIpc) is 2.77. The first-order chi connectivity index (χ1) is 8.65. The topological polar surface area (TPSA) is 38.9 Å². The van der Waals surface area contributed by atoms with Crippen LogP contribution >= 0.6 is 22.9 Å². The van der Waals surface area contributed by atoms with E-state index < -0.39 is 0 Å². The Morgan fingerprint density at radius 2 is 2.28 bits per heavy atom. The van der Waals surface area contributed by atoms with Gasteiger partial charge in [0.2, 0.25) is 0 Å². The second kappa shape index (κ2) is 4.61. The van der Waals surface area contributed by atoms with Crippen LogP contribution in [0.2, 0.25) is 5.02 Å². The third-order valence-corrected chi connectivity index (χ3v) is 4.65. The molecule has 1 aliphatic carbocycles. The van der Waals surface area contributed by atoms with Crippen LogP contribution < -0.4 is 5.73 Å². The van der Waals surface area contributed by atoms with E-state index in [0.717, 1.165) is 29.8 Å². The van der Waals surface area contributed by atoms with Crippen LogP contribution in [0.5, 0.6) is 0 Å². The SMILES string of the molecule is NC1CCCc2nc(-c3cc(Cl)ccc3F)sc21. The molecule has 18 heavy (non-hydrogen) atoms. The van der Waals surface area contributed by atoms with Crippen molar-refractivity contribution >= 4 is 22.9 Å². The monoisotopic (exact) mass is 282 g/mol. The van der Waals surface area contributed by atoms with Crippen molar-refractivity contribution in [2.45, 2.75) is 25.3 Å². The van der Waals surface area contributed by atoms with Gasteiger partial charge in [-0.05, 0) is 37.5 Å². The van der Waals surface area contributed by atoms with Crippen LogP contribution in [0.15, 0.2) is 18.2 Å². The number of fused-ring (bicyclic) bond motifs is 1. The summed E-state index contributed by atoms with van der Waals surface area (Å²) < 4.78 is 13.8. The van der Waals surface area contributed by atoms with Crippen molar-refractivity contribution < 1.29 is 4.39 Å². The molecule has 0 amide bonds. The van der Waals surface area contributed by atoms with Crippen molar-refractivity contribution in [3.63, 3.8) is 0 Å². The molecule has 2 N–H and O–H groups in total. The van der Waals surface area contributed by atoms with Gasteiger partial charge in [-0.15, -0.1) is 11.3 Å². The maximum atomic E-state index is 13.8. The second-order valence-corrected chi connectivity index (χ2v) is 5.92.